The lowest BCUT2D eigenvalue weighted by molar-refractivity contribution is -0.407. The lowest BCUT2D eigenvalue weighted by Gasteiger charge is -2.09. The number of carbonyl (C=O) groups is 1. The highest BCUT2D eigenvalue weighted by molar-refractivity contribution is 14.1. The zero-order chi connectivity index (χ0) is 12.3. The van der Waals surface area contributed by atoms with Crippen LogP contribution in [0.5, 0.6) is 11.5 Å². The Bertz CT molecular complexity index is 414. The Hall–Kier alpha value is -0.730. The quantitative estimate of drug-likeness (QED) is 0.300. The van der Waals surface area contributed by atoms with Crippen LogP contribution < -0.4 is 18.1 Å². The third-order valence-corrected chi connectivity index (χ3v) is 3.15. The third kappa shape index (κ3) is 4.21. The van der Waals surface area contributed by atoms with Gasteiger partial charge < -0.3 is 33.1 Å². The molecule has 0 unspecified atom stereocenters. The summed E-state index contributed by atoms with van der Waals surface area (Å²) in [6, 6.07) is 2.34. The molecule has 0 saturated heterocycles. The van der Waals surface area contributed by atoms with E-state index in [4.69, 9.17) is 0 Å². The van der Waals surface area contributed by atoms with Gasteiger partial charge >= 0.3 is 5.97 Å². The van der Waals surface area contributed by atoms with Gasteiger partial charge in [-0.25, -0.2) is 4.79 Å². The van der Waals surface area contributed by atoms with Crippen LogP contribution in [0.2, 0.25) is 0 Å². The minimum Gasteiger partial charge on any atom is -1.00 e. The van der Waals surface area contributed by atoms with Crippen molar-refractivity contribution in [2.75, 3.05) is 7.11 Å². The van der Waals surface area contributed by atoms with Crippen LogP contribution in [0.25, 0.3) is 0 Å². The molecule has 0 heterocycles. The second-order valence-electron chi connectivity index (χ2n) is 3.36. The largest absolute Gasteiger partial charge is 1.00 e. The molecule has 0 saturated carbocycles. The first-order chi connectivity index (χ1) is 7.45. The van der Waals surface area contributed by atoms with Gasteiger partial charge in [-0.1, -0.05) is 0 Å². The molecular formula is C10H13ClINO4. The van der Waals surface area contributed by atoms with E-state index in [9.17, 15) is 15.0 Å². The summed E-state index contributed by atoms with van der Waals surface area (Å²) in [6.45, 7) is 0. The molecule has 0 spiro atoms. The normalized spacial score (nSPS) is 11.5. The van der Waals surface area contributed by atoms with Crippen LogP contribution in [0.3, 0.4) is 0 Å². The number of aromatic hydroxyl groups is 2. The predicted molar refractivity (Wildman–Crippen MR) is 64.9 cm³/mol. The summed E-state index contributed by atoms with van der Waals surface area (Å²) >= 11 is 2.02. The summed E-state index contributed by atoms with van der Waals surface area (Å²) in [5, 5.41) is 18.6. The Morgan fingerprint density at radius 1 is 1.47 bits per heavy atom. The maximum absolute atomic E-state index is 11.2. The molecular weight excluding hydrogens is 360 g/mol. The van der Waals surface area contributed by atoms with Gasteiger partial charge in [-0.15, -0.1) is 0 Å². The summed E-state index contributed by atoms with van der Waals surface area (Å²) in [4.78, 5) is 11.2. The molecule has 5 N–H and O–H groups in total. The van der Waals surface area contributed by atoms with Crippen molar-refractivity contribution in [3.63, 3.8) is 0 Å². The summed E-state index contributed by atoms with van der Waals surface area (Å²) in [6.07, 6.45) is 0.360. The van der Waals surface area contributed by atoms with Crippen molar-refractivity contribution in [1.29, 1.82) is 0 Å². The fourth-order valence-electron chi connectivity index (χ4n) is 1.27. The highest BCUT2D eigenvalue weighted by atomic mass is 127. The van der Waals surface area contributed by atoms with Crippen LogP contribution in [0.15, 0.2) is 12.1 Å². The van der Waals surface area contributed by atoms with Gasteiger partial charge in [0.2, 0.25) is 0 Å². The number of rotatable bonds is 3. The number of hydrogen-bond donors (Lipinski definition) is 3. The molecule has 0 amide bonds. The fourth-order valence-corrected chi connectivity index (χ4v) is 1.94. The number of ether oxygens (including phenoxy) is 1. The monoisotopic (exact) mass is 373 g/mol. The Kier molecular flexibility index (Phi) is 6.58. The molecule has 0 radical (unpaired) electrons. The average molecular weight is 374 g/mol. The molecule has 0 bridgehead atoms. The number of halogens is 2. The van der Waals surface area contributed by atoms with Gasteiger partial charge in [0.15, 0.2) is 17.5 Å². The van der Waals surface area contributed by atoms with Crippen LogP contribution in [0.1, 0.15) is 5.56 Å². The number of carbonyl (C=O) groups excluding carboxylic acids is 1. The van der Waals surface area contributed by atoms with Crippen molar-refractivity contribution < 1.29 is 37.9 Å². The summed E-state index contributed by atoms with van der Waals surface area (Å²) in [5.41, 5.74) is 4.43. The van der Waals surface area contributed by atoms with Gasteiger partial charge in [0.05, 0.1) is 7.11 Å². The van der Waals surface area contributed by atoms with Crippen molar-refractivity contribution >= 4 is 28.6 Å². The van der Waals surface area contributed by atoms with Gasteiger partial charge in [-0.05, 0) is 40.3 Å². The number of esters is 1. The van der Waals surface area contributed by atoms with Crippen LogP contribution in [0.4, 0.5) is 0 Å². The summed E-state index contributed by atoms with van der Waals surface area (Å²) in [5.74, 6) is -0.775. The molecule has 1 atom stereocenters. The topological polar surface area (TPSA) is 94.4 Å². The van der Waals surface area contributed by atoms with Gasteiger partial charge in [-0.3, -0.25) is 0 Å². The van der Waals surface area contributed by atoms with Gasteiger partial charge in [0.1, 0.15) is 0 Å². The number of quaternary nitrogens is 1. The van der Waals surface area contributed by atoms with E-state index in [1.165, 1.54) is 19.2 Å². The molecule has 1 aromatic carbocycles. The summed E-state index contributed by atoms with van der Waals surface area (Å²) in [7, 11) is 1.31. The van der Waals surface area contributed by atoms with E-state index in [0.29, 0.717) is 6.42 Å². The molecule has 1 aromatic rings. The lowest BCUT2D eigenvalue weighted by atomic mass is 10.1. The van der Waals surface area contributed by atoms with Crippen molar-refractivity contribution in [2.24, 2.45) is 0 Å². The number of phenols is 2. The molecule has 1 rings (SSSR count). The molecule has 0 aliphatic rings. The fraction of sp³-hybridized carbons (Fsp3) is 0.300. The minimum atomic E-state index is -0.526. The third-order valence-electron chi connectivity index (χ3n) is 2.14. The van der Waals surface area contributed by atoms with E-state index in [1.807, 2.05) is 22.6 Å². The second-order valence-corrected chi connectivity index (χ2v) is 4.52. The number of hydrogen-bond acceptors (Lipinski definition) is 4. The zero-order valence-electron chi connectivity index (χ0n) is 9.11. The van der Waals surface area contributed by atoms with E-state index in [2.05, 4.69) is 10.5 Å². The molecule has 0 fully saturated rings. The van der Waals surface area contributed by atoms with Crippen LogP contribution in [0, 0.1) is 3.57 Å². The van der Waals surface area contributed by atoms with E-state index in [1.54, 1.807) is 0 Å². The molecule has 5 nitrogen and oxygen atoms in total. The summed E-state index contributed by atoms with van der Waals surface area (Å²) < 4.78 is 5.33. The van der Waals surface area contributed by atoms with Crippen molar-refractivity contribution in [3.05, 3.63) is 21.3 Å². The standard InChI is InChI=1S/C10H12INO4.ClH/c1-16-10(15)7(12)2-5-3-8(13)9(14)4-6(5)11;/h3-4,7,13-14H,2,12H2,1H3;1H/t7-;/m0./s1. The van der Waals surface area contributed by atoms with Crippen LogP contribution in [-0.2, 0) is 16.0 Å². The Labute approximate surface area is 119 Å². The van der Waals surface area contributed by atoms with Crippen LogP contribution >= 0.6 is 22.6 Å². The Balaban J connectivity index is 0.00000256. The van der Waals surface area contributed by atoms with Gasteiger partial charge in [-0.2, -0.15) is 0 Å². The molecule has 96 valence electrons. The minimum absolute atomic E-state index is 0. The highest BCUT2D eigenvalue weighted by Crippen LogP contribution is 2.29. The van der Waals surface area contributed by atoms with E-state index < -0.39 is 12.0 Å². The lowest BCUT2D eigenvalue weighted by Crippen LogP contribution is -3.00. The first kappa shape index (κ1) is 16.3. The zero-order valence-corrected chi connectivity index (χ0v) is 12.0. The molecule has 0 aliphatic carbocycles. The number of benzene rings is 1. The van der Waals surface area contributed by atoms with Gasteiger partial charge in [0, 0.05) is 9.99 Å². The number of phenolic OH excluding ortho intramolecular Hbond substituents is 2. The first-order valence-electron chi connectivity index (χ1n) is 4.57. The van der Waals surface area contributed by atoms with E-state index in [0.717, 1.165) is 9.13 Å². The molecule has 17 heavy (non-hydrogen) atoms. The first-order valence-corrected chi connectivity index (χ1v) is 5.64. The van der Waals surface area contributed by atoms with Gasteiger partial charge in [0.25, 0.3) is 0 Å². The van der Waals surface area contributed by atoms with Crippen molar-refractivity contribution in [2.45, 2.75) is 12.5 Å². The predicted octanol–water partition coefficient (Wildman–Crippen LogP) is -2.97. The van der Waals surface area contributed by atoms with E-state index >= 15 is 0 Å². The maximum atomic E-state index is 11.2. The number of methoxy groups -OCH3 is 1. The average Bonchev–Trinajstić information content (AvgIpc) is 2.24. The van der Waals surface area contributed by atoms with Crippen molar-refractivity contribution in [3.8, 4) is 11.5 Å². The maximum Gasteiger partial charge on any atom is 0.364 e. The Morgan fingerprint density at radius 3 is 2.53 bits per heavy atom. The molecule has 0 aliphatic heterocycles. The van der Waals surface area contributed by atoms with Crippen LogP contribution in [-0.4, -0.2) is 29.3 Å². The second kappa shape index (κ2) is 6.87. The highest BCUT2D eigenvalue weighted by Gasteiger charge is 2.20. The van der Waals surface area contributed by atoms with E-state index in [-0.39, 0.29) is 23.9 Å². The molecule has 7 heteroatoms. The Morgan fingerprint density at radius 2 is 2.00 bits per heavy atom. The molecule has 0 aromatic heterocycles. The SMILES string of the molecule is COC(=O)[C@@H]([NH3+])Cc1cc(O)c(O)cc1I.[Cl-]. The smallest absolute Gasteiger partial charge is 0.364 e. The van der Waals surface area contributed by atoms with Crippen molar-refractivity contribution in [1.82, 2.24) is 0 Å².